The molecule has 1 amide bonds. The summed E-state index contributed by atoms with van der Waals surface area (Å²) in [5, 5.41) is 3.43. The molecule has 0 radical (unpaired) electrons. The third-order valence-corrected chi connectivity index (χ3v) is 4.79. The smallest absolute Gasteiger partial charge is 0.262 e. The molecule has 156 valence electrons. The average molecular weight is 417 g/mol. The van der Waals surface area contributed by atoms with Crippen LogP contribution in [0.5, 0.6) is 5.75 Å². The molecule has 0 aliphatic heterocycles. The number of para-hydroxylation sites is 1. The number of hydrogen-bond acceptors (Lipinski definition) is 5. The Hall–Kier alpha value is -4.00. The van der Waals surface area contributed by atoms with Crippen molar-refractivity contribution in [1.82, 2.24) is 4.98 Å². The van der Waals surface area contributed by atoms with Gasteiger partial charge in [0.15, 0.2) is 11.3 Å². The standard InChI is InChI=1S/C24H20FN3O3/c1-14-7-4-12-21(26-14)28-23(29)17-13-16-8-5-11-20(30-3)22(16)31-24(17)27-19-10-6-9-18(25)15(19)2/h4-13H,1-3H3,(H,26,28,29). The molecule has 0 spiro atoms. The van der Waals surface area contributed by atoms with Gasteiger partial charge >= 0.3 is 0 Å². The lowest BCUT2D eigenvalue weighted by Crippen LogP contribution is -2.22. The molecule has 0 unspecified atom stereocenters. The third-order valence-electron chi connectivity index (χ3n) is 4.79. The van der Waals surface area contributed by atoms with E-state index < -0.39 is 11.7 Å². The fourth-order valence-corrected chi connectivity index (χ4v) is 3.15. The molecule has 31 heavy (non-hydrogen) atoms. The van der Waals surface area contributed by atoms with Crippen LogP contribution in [0.25, 0.3) is 11.0 Å². The van der Waals surface area contributed by atoms with Crippen molar-refractivity contribution in [3.05, 3.63) is 88.9 Å². The summed E-state index contributed by atoms with van der Waals surface area (Å²) in [6.07, 6.45) is 0. The highest BCUT2D eigenvalue weighted by molar-refractivity contribution is 6.05. The van der Waals surface area contributed by atoms with Crippen LogP contribution in [0.4, 0.5) is 15.9 Å². The number of nitrogens with zero attached hydrogens (tertiary/aromatic N) is 2. The molecule has 7 heteroatoms. The Bertz CT molecular complexity index is 1360. The van der Waals surface area contributed by atoms with Gasteiger partial charge in [-0.3, -0.25) is 4.79 Å². The minimum absolute atomic E-state index is 0.0378. The number of aryl methyl sites for hydroxylation is 1. The Morgan fingerprint density at radius 2 is 1.87 bits per heavy atom. The summed E-state index contributed by atoms with van der Waals surface area (Å²) in [6.45, 7) is 3.45. The minimum Gasteiger partial charge on any atom is -0.493 e. The van der Waals surface area contributed by atoms with E-state index in [4.69, 9.17) is 9.15 Å². The number of nitrogens with one attached hydrogen (secondary N) is 1. The fourth-order valence-electron chi connectivity index (χ4n) is 3.15. The van der Waals surface area contributed by atoms with E-state index in [2.05, 4.69) is 15.3 Å². The molecule has 0 bridgehead atoms. The predicted molar refractivity (Wildman–Crippen MR) is 116 cm³/mol. The molecule has 0 saturated heterocycles. The molecule has 0 atom stereocenters. The second-order valence-corrected chi connectivity index (χ2v) is 6.96. The number of rotatable bonds is 4. The first-order valence-corrected chi connectivity index (χ1v) is 9.62. The van der Waals surface area contributed by atoms with Crippen molar-refractivity contribution < 1.29 is 18.3 Å². The molecule has 2 aromatic carbocycles. The second kappa shape index (κ2) is 8.39. The fraction of sp³-hybridized carbons (Fsp3) is 0.125. The first-order chi connectivity index (χ1) is 15.0. The average Bonchev–Trinajstić information content (AvgIpc) is 2.76. The van der Waals surface area contributed by atoms with Crippen LogP contribution >= 0.6 is 0 Å². The van der Waals surface area contributed by atoms with Crippen molar-refractivity contribution in [3.8, 4) is 5.75 Å². The number of ether oxygens (including phenoxy) is 1. The molecule has 2 aromatic heterocycles. The summed E-state index contributed by atoms with van der Waals surface area (Å²) in [5.41, 5.74) is 2.14. The highest BCUT2D eigenvalue weighted by atomic mass is 19.1. The van der Waals surface area contributed by atoms with Gasteiger partial charge in [-0.25, -0.2) is 14.4 Å². The van der Waals surface area contributed by atoms with Crippen molar-refractivity contribution in [2.24, 2.45) is 4.99 Å². The number of anilines is 1. The maximum Gasteiger partial charge on any atom is 0.262 e. The highest BCUT2D eigenvalue weighted by Gasteiger charge is 2.16. The van der Waals surface area contributed by atoms with Crippen molar-refractivity contribution in [2.75, 3.05) is 12.4 Å². The molecule has 0 aliphatic rings. The van der Waals surface area contributed by atoms with Crippen LogP contribution in [-0.4, -0.2) is 18.0 Å². The van der Waals surface area contributed by atoms with Gasteiger partial charge in [-0.1, -0.05) is 24.3 Å². The van der Waals surface area contributed by atoms with E-state index in [-0.39, 0.29) is 11.1 Å². The summed E-state index contributed by atoms with van der Waals surface area (Å²) in [4.78, 5) is 21.9. The van der Waals surface area contributed by atoms with Crippen LogP contribution in [0.1, 0.15) is 21.6 Å². The molecular formula is C24H20FN3O3. The van der Waals surface area contributed by atoms with E-state index in [1.807, 2.05) is 13.0 Å². The Labute approximate surface area is 178 Å². The normalized spacial score (nSPS) is 11.5. The van der Waals surface area contributed by atoms with E-state index in [0.717, 1.165) is 5.69 Å². The first-order valence-electron chi connectivity index (χ1n) is 9.62. The van der Waals surface area contributed by atoms with Crippen molar-refractivity contribution in [1.29, 1.82) is 0 Å². The van der Waals surface area contributed by atoms with Crippen LogP contribution < -0.4 is 15.6 Å². The molecular weight excluding hydrogens is 397 g/mol. The Balaban J connectivity index is 1.92. The number of carbonyl (C=O) groups is 1. The quantitative estimate of drug-likeness (QED) is 0.503. The Morgan fingerprint density at radius 3 is 2.65 bits per heavy atom. The lowest BCUT2D eigenvalue weighted by Gasteiger charge is -2.09. The lowest BCUT2D eigenvalue weighted by atomic mass is 10.1. The number of aromatic nitrogens is 1. The van der Waals surface area contributed by atoms with Crippen LogP contribution in [0.15, 0.2) is 70.1 Å². The minimum atomic E-state index is -0.445. The van der Waals surface area contributed by atoms with Crippen molar-refractivity contribution >= 4 is 28.4 Å². The zero-order valence-electron chi connectivity index (χ0n) is 17.3. The number of amides is 1. The number of halogens is 1. The summed E-state index contributed by atoms with van der Waals surface area (Å²) in [5.74, 6) is 0.0646. The molecule has 2 heterocycles. The van der Waals surface area contributed by atoms with Gasteiger partial charge in [0.25, 0.3) is 5.91 Å². The van der Waals surface area contributed by atoms with E-state index in [1.165, 1.54) is 13.2 Å². The van der Waals surface area contributed by atoms with Gasteiger partial charge < -0.3 is 14.5 Å². The number of pyridine rings is 1. The number of benzene rings is 2. The van der Waals surface area contributed by atoms with Crippen LogP contribution in [-0.2, 0) is 0 Å². The monoisotopic (exact) mass is 417 g/mol. The summed E-state index contributed by atoms with van der Waals surface area (Å²) >= 11 is 0. The maximum atomic E-state index is 14.0. The second-order valence-electron chi connectivity index (χ2n) is 6.96. The van der Waals surface area contributed by atoms with Gasteiger partial charge in [0.05, 0.1) is 12.8 Å². The molecule has 4 rings (SSSR count). The van der Waals surface area contributed by atoms with Crippen LogP contribution in [0.3, 0.4) is 0 Å². The molecule has 1 N–H and O–H groups in total. The van der Waals surface area contributed by atoms with Gasteiger partial charge in [-0.2, -0.15) is 0 Å². The predicted octanol–water partition coefficient (Wildman–Crippen LogP) is 5.08. The number of methoxy groups -OCH3 is 1. The topological polar surface area (TPSA) is 76.7 Å². The summed E-state index contributed by atoms with van der Waals surface area (Å²) in [6, 6.07) is 16.9. The zero-order valence-corrected chi connectivity index (χ0v) is 17.3. The molecule has 4 aromatic rings. The van der Waals surface area contributed by atoms with Crippen LogP contribution in [0.2, 0.25) is 0 Å². The van der Waals surface area contributed by atoms with Gasteiger partial charge in [-0.05, 0) is 50.2 Å². The largest absolute Gasteiger partial charge is 0.493 e. The maximum absolute atomic E-state index is 14.0. The van der Waals surface area contributed by atoms with Crippen molar-refractivity contribution in [3.63, 3.8) is 0 Å². The molecule has 0 fully saturated rings. The van der Waals surface area contributed by atoms with E-state index in [9.17, 15) is 9.18 Å². The van der Waals surface area contributed by atoms with E-state index in [0.29, 0.717) is 33.8 Å². The summed E-state index contributed by atoms with van der Waals surface area (Å²) in [7, 11) is 1.53. The molecule has 0 saturated carbocycles. The van der Waals surface area contributed by atoms with Gasteiger partial charge in [0.1, 0.15) is 17.2 Å². The zero-order chi connectivity index (χ0) is 22.0. The third kappa shape index (κ3) is 4.16. The van der Waals surface area contributed by atoms with Gasteiger partial charge in [0, 0.05) is 16.6 Å². The SMILES string of the molecule is COc1cccc2cc(C(=O)Nc3cccc(C)n3)c(=Nc3cccc(F)c3C)oc12. The van der Waals surface area contributed by atoms with Crippen molar-refractivity contribution in [2.45, 2.75) is 13.8 Å². The van der Waals surface area contributed by atoms with Crippen LogP contribution in [0, 0.1) is 19.7 Å². The number of carbonyl (C=O) groups excluding carboxylic acids is 1. The Kier molecular flexibility index (Phi) is 5.49. The van der Waals surface area contributed by atoms with E-state index in [1.54, 1.807) is 55.5 Å². The molecule has 0 aliphatic carbocycles. The Morgan fingerprint density at radius 1 is 1.10 bits per heavy atom. The lowest BCUT2D eigenvalue weighted by molar-refractivity contribution is 0.102. The van der Waals surface area contributed by atoms with Gasteiger partial charge in [0.2, 0.25) is 5.55 Å². The summed E-state index contributed by atoms with van der Waals surface area (Å²) < 4.78 is 25.4. The molecule has 6 nitrogen and oxygen atoms in total. The van der Waals surface area contributed by atoms with Gasteiger partial charge in [-0.15, -0.1) is 0 Å². The van der Waals surface area contributed by atoms with E-state index >= 15 is 0 Å². The highest BCUT2D eigenvalue weighted by Crippen LogP contribution is 2.26. The number of fused-ring (bicyclic) bond motifs is 1. The first kappa shape index (κ1) is 20.3. The number of hydrogen-bond donors (Lipinski definition) is 1.